The van der Waals surface area contributed by atoms with Crippen molar-refractivity contribution in [3.8, 4) is 0 Å². The predicted molar refractivity (Wildman–Crippen MR) is 113 cm³/mol. The van der Waals surface area contributed by atoms with Crippen LogP contribution in [-0.4, -0.2) is 62.1 Å². The van der Waals surface area contributed by atoms with Crippen molar-refractivity contribution in [2.75, 3.05) is 33.3 Å². The number of rotatable bonds is 6. The number of amides is 1. The minimum atomic E-state index is -0.260. The number of hydrogen-bond acceptors (Lipinski definition) is 4. The Morgan fingerprint density at radius 2 is 1.92 bits per heavy atom. The molecule has 0 aromatic rings. The van der Waals surface area contributed by atoms with Gasteiger partial charge in [0.15, 0.2) is 5.96 Å². The van der Waals surface area contributed by atoms with Crippen molar-refractivity contribution >= 4 is 41.8 Å². The van der Waals surface area contributed by atoms with Crippen LogP contribution in [0, 0.1) is 5.92 Å². The highest BCUT2D eigenvalue weighted by molar-refractivity contribution is 14.0. The van der Waals surface area contributed by atoms with Crippen molar-refractivity contribution in [2.45, 2.75) is 57.9 Å². The Morgan fingerprint density at radius 1 is 1.19 bits per heavy atom. The van der Waals surface area contributed by atoms with E-state index in [-0.39, 0.29) is 48.3 Å². The fourth-order valence-electron chi connectivity index (χ4n) is 3.56. The lowest BCUT2D eigenvalue weighted by Crippen LogP contribution is -2.45. The SMILES string of the molecule is CCNC(=NCCC(=O)OC)NC1CCN(C(=O)C2CCCCC2)C1.I. The quantitative estimate of drug-likeness (QED) is 0.263. The zero-order chi connectivity index (χ0) is 18.1. The molecular weight excluding hydrogens is 447 g/mol. The summed E-state index contributed by atoms with van der Waals surface area (Å²) in [5.41, 5.74) is 0. The maximum atomic E-state index is 12.6. The predicted octanol–water partition coefficient (Wildman–Crippen LogP) is 1.90. The normalized spacial score (nSPS) is 21.1. The van der Waals surface area contributed by atoms with Crippen molar-refractivity contribution in [3.63, 3.8) is 0 Å². The van der Waals surface area contributed by atoms with E-state index in [9.17, 15) is 9.59 Å². The van der Waals surface area contributed by atoms with Crippen LogP contribution in [0.3, 0.4) is 0 Å². The molecule has 0 radical (unpaired) electrons. The second-order valence-corrected chi connectivity index (χ2v) is 6.84. The molecule has 1 heterocycles. The first-order valence-corrected chi connectivity index (χ1v) is 9.54. The van der Waals surface area contributed by atoms with Crippen molar-refractivity contribution in [1.29, 1.82) is 0 Å². The first-order chi connectivity index (χ1) is 12.1. The fraction of sp³-hybridized carbons (Fsp3) is 0.833. The third kappa shape index (κ3) is 7.28. The molecule has 1 aliphatic carbocycles. The van der Waals surface area contributed by atoms with E-state index in [4.69, 9.17) is 0 Å². The third-order valence-electron chi connectivity index (χ3n) is 4.95. The number of carbonyl (C=O) groups excluding carboxylic acids is 2. The Labute approximate surface area is 173 Å². The van der Waals surface area contributed by atoms with Gasteiger partial charge in [0, 0.05) is 31.6 Å². The first-order valence-electron chi connectivity index (χ1n) is 9.54. The van der Waals surface area contributed by atoms with Crippen LogP contribution in [0.25, 0.3) is 0 Å². The Balaban J connectivity index is 0.00000338. The first kappa shape index (κ1) is 23.0. The summed E-state index contributed by atoms with van der Waals surface area (Å²) in [4.78, 5) is 30.2. The summed E-state index contributed by atoms with van der Waals surface area (Å²) >= 11 is 0. The van der Waals surface area contributed by atoms with Gasteiger partial charge in [0.25, 0.3) is 0 Å². The van der Waals surface area contributed by atoms with Crippen LogP contribution < -0.4 is 10.6 Å². The second kappa shape index (κ2) is 12.3. The zero-order valence-corrected chi connectivity index (χ0v) is 18.3. The third-order valence-corrected chi connectivity index (χ3v) is 4.95. The lowest BCUT2D eigenvalue weighted by atomic mass is 9.88. The molecule has 1 saturated carbocycles. The summed E-state index contributed by atoms with van der Waals surface area (Å²) in [6.45, 7) is 4.69. The topological polar surface area (TPSA) is 83.0 Å². The molecule has 1 unspecified atom stereocenters. The monoisotopic (exact) mass is 480 g/mol. The number of nitrogens with zero attached hydrogens (tertiary/aromatic N) is 2. The lowest BCUT2D eigenvalue weighted by Gasteiger charge is -2.26. The molecule has 1 atom stereocenters. The van der Waals surface area contributed by atoms with E-state index in [1.165, 1.54) is 26.4 Å². The summed E-state index contributed by atoms with van der Waals surface area (Å²) in [6.07, 6.45) is 6.93. The Hall–Kier alpha value is -1.06. The number of likely N-dealkylation sites (tertiary alicyclic amines) is 1. The van der Waals surface area contributed by atoms with E-state index in [2.05, 4.69) is 20.4 Å². The fourth-order valence-corrected chi connectivity index (χ4v) is 3.56. The molecule has 2 N–H and O–H groups in total. The molecule has 2 aliphatic rings. The highest BCUT2D eigenvalue weighted by Gasteiger charge is 2.31. The average molecular weight is 480 g/mol. The van der Waals surface area contributed by atoms with Gasteiger partial charge in [-0.25, -0.2) is 0 Å². The molecule has 2 fully saturated rings. The van der Waals surface area contributed by atoms with Crippen LogP contribution in [0.5, 0.6) is 0 Å². The Bertz CT molecular complexity index is 481. The molecule has 7 nitrogen and oxygen atoms in total. The number of guanidine groups is 1. The maximum absolute atomic E-state index is 12.6. The molecule has 0 aromatic heterocycles. The summed E-state index contributed by atoms with van der Waals surface area (Å²) in [6, 6.07) is 0.212. The van der Waals surface area contributed by atoms with Gasteiger partial charge in [0.2, 0.25) is 5.91 Å². The molecule has 1 aliphatic heterocycles. The molecular formula is C18H33IN4O3. The van der Waals surface area contributed by atoms with Crippen molar-refractivity contribution < 1.29 is 14.3 Å². The van der Waals surface area contributed by atoms with E-state index >= 15 is 0 Å². The van der Waals surface area contributed by atoms with Gasteiger partial charge in [-0.15, -0.1) is 24.0 Å². The van der Waals surface area contributed by atoms with E-state index < -0.39 is 0 Å². The van der Waals surface area contributed by atoms with E-state index in [0.717, 1.165) is 38.9 Å². The molecule has 0 bridgehead atoms. The summed E-state index contributed by atoms with van der Waals surface area (Å²) in [7, 11) is 1.38. The smallest absolute Gasteiger partial charge is 0.307 e. The van der Waals surface area contributed by atoms with Crippen molar-refractivity contribution in [1.82, 2.24) is 15.5 Å². The van der Waals surface area contributed by atoms with Crippen LogP contribution in [0.15, 0.2) is 4.99 Å². The van der Waals surface area contributed by atoms with E-state index in [1.807, 2.05) is 11.8 Å². The minimum absolute atomic E-state index is 0. The largest absolute Gasteiger partial charge is 0.469 e. The summed E-state index contributed by atoms with van der Waals surface area (Å²) < 4.78 is 4.63. The van der Waals surface area contributed by atoms with Crippen LogP contribution in [0.4, 0.5) is 0 Å². The number of esters is 1. The van der Waals surface area contributed by atoms with Gasteiger partial charge in [-0.2, -0.15) is 0 Å². The van der Waals surface area contributed by atoms with Gasteiger partial charge in [0.1, 0.15) is 0 Å². The molecule has 0 spiro atoms. The van der Waals surface area contributed by atoms with Gasteiger partial charge >= 0.3 is 5.97 Å². The Kier molecular flexibility index (Phi) is 10.9. The van der Waals surface area contributed by atoms with Crippen molar-refractivity contribution in [2.24, 2.45) is 10.9 Å². The van der Waals surface area contributed by atoms with Crippen LogP contribution in [0.1, 0.15) is 51.9 Å². The number of hydrogen-bond donors (Lipinski definition) is 2. The number of ether oxygens (including phenoxy) is 1. The zero-order valence-electron chi connectivity index (χ0n) is 16.0. The van der Waals surface area contributed by atoms with Crippen LogP contribution in [-0.2, 0) is 14.3 Å². The van der Waals surface area contributed by atoms with Crippen LogP contribution in [0.2, 0.25) is 0 Å². The van der Waals surface area contributed by atoms with E-state index in [1.54, 1.807) is 0 Å². The molecule has 8 heteroatoms. The number of methoxy groups -OCH3 is 1. The summed E-state index contributed by atoms with van der Waals surface area (Å²) in [5, 5.41) is 6.58. The van der Waals surface area contributed by atoms with Crippen LogP contribution >= 0.6 is 24.0 Å². The van der Waals surface area contributed by atoms with E-state index in [0.29, 0.717) is 18.4 Å². The molecule has 1 amide bonds. The van der Waals surface area contributed by atoms with Gasteiger partial charge in [-0.3, -0.25) is 14.6 Å². The second-order valence-electron chi connectivity index (χ2n) is 6.84. The molecule has 0 aromatic carbocycles. The minimum Gasteiger partial charge on any atom is -0.469 e. The Morgan fingerprint density at radius 3 is 2.58 bits per heavy atom. The number of nitrogens with one attached hydrogen (secondary N) is 2. The highest BCUT2D eigenvalue weighted by atomic mass is 127. The maximum Gasteiger partial charge on any atom is 0.307 e. The average Bonchev–Trinajstić information content (AvgIpc) is 3.10. The highest BCUT2D eigenvalue weighted by Crippen LogP contribution is 2.26. The molecule has 26 heavy (non-hydrogen) atoms. The lowest BCUT2D eigenvalue weighted by molar-refractivity contribution is -0.140. The number of aliphatic imine (C=N–C) groups is 1. The van der Waals surface area contributed by atoms with Gasteiger partial charge in [-0.05, 0) is 26.2 Å². The standard InChI is InChI=1S/C18H32N4O3.HI/c1-3-19-18(20-11-9-16(23)25-2)21-15-10-12-22(13-15)17(24)14-7-5-4-6-8-14;/h14-15H,3-13H2,1-2H3,(H2,19,20,21);1H. The van der Waals surface area contributed by atoms with Gasteiger partial charge < -0.3 is 20.3 Å². The number of halogens is 1. The molecule has 1 saturated heterocycles. The number of carbonyl (C=O) groups is 2. The molecule has 150 valence electrons. The summed E-state index contributed by atoms with van der Waals surface area (Å²) in [5.74, 6) is 0.999. The van der Waals surface area contributed by atoms with Gasteiger partial charge in [-0.1, -0.05) is 19.3 Å². The molecule has 2 rings (SSSR count). The van der Waals surface area contributed by atoms with Crippen molar-refractivity contribution in [3.05, 3.63) is 0 Å². The van der Waals surface area contributed by atoms with Gasteiger partial charge in [0.05, 0.1) is 20.1 Å².